The lowest BCUT2D eigenvalue weighted by atomic mass is 10.1. The van der Waals surface area contributed by atoms with E-state index in [0.29, 0.717) is 0 Å². The first-order valence-electron chi connectivity index (χ1n) is 9.72. The Morgan fingerprint density at radius 3 is 2.24 bits per heavy atom. The summed E-state index contributed by atoms with van der Waals surface area (Å²) in [5.41, 5.74) is 4.16. The molecular weight excluding hydrogens is 375 g/mol. The molecule has 6 aromatic rings. The minimum Gasteiger partial charge on any atom is -0.319 e. The molecule has 0 radical (unpaired) electrons. The first kappa shape index (κ1) is 16.8. The van der Waals surface area contributed by atoms with Crippen molar-refractivity contribution in [2.45, 2.75) is 0 Å². The molecule has 0 aliphatic carbocycles. The first-order chi connectivity index (χ1) is 14.0. The molecule has 0 fully saturated rings. The van der Waals surface area contributed by atoms with E-state index < -0.39 is 7.14 Å². The van der Waals surface area contributed by atoms with Gasteiger partial charge in [0, 0.05) is 16.1 Å². The summed E-state index contributed by atoms with van der Waals surface area (Å²) in [6, 6.07) is 27.4. The Morgan fingerprint density at radius 1 is 0.724 bits per heavy atom. The Hall–Kier alpha value is -3.16. The van der Waals surface area contributed by atoms with E-state index in [9.17, 15) is 4.57 Å². The zero-order valence-corrected chi connectivity index (χ0v) is 17.1. The predicted molar refractivity (Wildman–Crippen MR) is 124 cm³/mol. The number of rotatable bonds is 1. The van der Waals surface area contributed by atoms with Crippen molar-refractivity contribution in [3.05, 3.63) is 78.9 Å². The van der Waals surface area contributed by atoms with Crippen molar-refractivity contribution < 1.29 is 4.57 Å². The molecule has 0 spiro atoms. The second-order valence-corrected chi connectivity index (χ2v) is 11.3. The summed E-state index contributed by atoms with van der Waals surface area (Å²) in [5.74, 6) is 0. The van der Waals surface area contributed by atoms with E-state index in [-0.39, 0.29) is 0 Å². The SMILES string of the molecule is CP(C)(=O)c1ccc2c(c1)c1ccccc1n1c3cc4ccccc4cc3nc21. The summed E-state index contributed by atoms with van der Waals surface area (Å²) >= 11 is 0. The van der Waals surface area contributed by atoms with Crippen molar-refractivity contribution in [1.82, 2.24) is 9.38 Å². The maximum Gasteiger partial charge on any atom is 0.146 e. The van der Waals surface area contributed by atoms with Gasteiger partial charge < -0.3 is 4.57 Å². The molecule has 0 N–H and O–H groups in total. The minimum absolute atomic E-state index is 0.904. The molecule has 2 aromatic heterocycles. The summed E-state index contributed by atoms with van der Waals surface area (Å²) in [4.78, 5) is 5.03. The van der Waals surface area contributed by atoms with Crippen molar-refractivity contribution in [2.75, 3.05) is 13.3 Å². The van der Waals surface area contributed by atoms with Crippen molar-refractivity contribution in [3.8, 4) is 0 Å². The first-order valence-corrected chi connectivity index (χ1v) is 12.3. The van der Waals surface area contributed by atoms with Gasteiger partial charge in [0.15, 0.2) is 0 Å². The van der Waals surface area contributed by atoms with E-state index in [0.717, 1.165) is 43.7 Å². The fourth-order valence-corrected chi connectivity index (χ4v) is 5.24. The third-order valence-electron chi connectivity index (χ3n) is 5.82. The number of fused-ring (bicyclic) bond motifs is 9. The Morgan fingerprint density at radius 2 is 1.45 bits per heavy atom. The second kappa shape index (κ2) is 5.68. The topological polar surface area (TPSA) is 34.4 Å². The van der Waals surface area contributed by atoms with Crippen LogP contribution in [0.2, 0.25) is 0 Å². The number of nitrogens with zero attached hydrogens (tertiary/aromatic N) is 2. The van der Waals surface area contributed by atoms with Crippen molar-refractivity contribution >= 4 is 61.6 Å². The van der Waals surface area contributed by atoms with Gasteiger partial charge >= 0.3 is 0 Å². The largest absolute Gasteiger partial charge is 0.319 e. The lowest BCUT2D eigenvalue weighted by Gasteiger charge is -2.12. The molecule has 29 heavy (non-hydrogen) atoms. The van der Waals surface area contributed by atoms with Gasteiger partial charge in [-0.05, 0) is 59.8 Å². The molecule has 0 aliphatic rings. The number of pyridine rings is 1. The van der Waals surface area contributed by atoms with E-state index in [1.54, 1.807) is 0 Å². The van der Waals surface area contributed by atoms with Crippen molar-refractivity contribution in [2.24, 2.45) is 0 Å². The molecule has 4 aromatic carbocycles. The number of hydrogen-bond acceptors (Lipinski definition) is 2. The predicted octanol–water partition coefficient (Wildman–Crippen LogP) is 6.20. The zero-order valence-electron chi connectivity index (χ0n) is 16.3. The summed E-state index contributed by atoms with van der Waals surface area (Å²) in [6.07, 6.45) is 0. The van der Waals surface area contributed by atoms with Gasteiger partial charge in [0.25, 0.3) is 0 Å². The van der Waals surface area contributed by atoms with Gasteiger partial charge in [0.05, 0.1) is 16.6 Å². The van der Waals surface area contributed by atoms with Crippen LogP contribution in [0.25, 0.3) is 49.1 Å². The molecule has 0 saturated heterocycles. The molecule has 3 nitrogen and oxygen atoms in total. The average molecular weight is 394 g/mol. The number of imidazole rings is 1. The van der Waals surface area contributed by atoms with Crippen LogP contribution in [0, 0.1) is 0 Å². The quantitative estimate of drug-likeness (QED) is 0.246. The van der Waals surface area contributed by atoms with Crippen LogP contribution < -0.4 is 5.30 Å². The van der Waals surface area contributed by atoms with Crippen LogP contribution in [-0.4, -0.2) is 22.7 Å². The van der Waals surface area contributed by atoms with Gasteiger partial charge in [-0.1, -0.05) is 48.5 Å². The number of para-hydroxylation sites is 1. The highest BCUT2D eigenvalue weighted by atomic mass is 31.2. The van der Waals surface area contributed by atoms with Gasteiger partial charge in [-0.25, -0.2) is 4.98 Å². The van der Waals surface area contributed by atoms with E-state index in [1.165, 1.54) is 10.8 Å². The maximum absolute atomic E-state index is 12.7. The molecular formula is C25H19N2OP. The monoisotopic (exact) mass is 394 g/mol. The van der Waals surface area contributed by atoms with Crippen LogP contribution in [0.4, 0.5) is 0 Å². The third kappa shape index (κ3) is 2.38. The van der Waals surface area contributed by atoms with E-state index in [2.05, 4.69) is 77.2 Å². The van der Waals surface area contributed by atoms with E-state index in [1.807, 2.05) is 19.4 Å². The van der Waals surface area contributed by atoms with Gasteiger partial charge in [-0.15, -0.1) is 0 Å². The highest BCUT2D eigenvalue weighted by Crippen LogP contribution is 2.38. The molecule has 0 amide bonds. The van der Waals surface area contributed by atoms with Crippen LogP contribution >= 0.6 is 7.14 Å². The van der Waals surface area contributed by atoms with Gasteiger partial charge in [-0.3, -0.25) is 4.40 Å². The highest BCUT2D eigenvalue weighted by molar-refractivity contribution is 7.70. The Balaban J connectivity index is 1.89. The number of aromatic nitrogens is 2. The summed E-state index contributed by atoms with van der Waals surface area (Å²) in [5, 5.41) is 6.64. The van der Waals surface area contributed by atoms with Crippen LogP contribution in [0.3, 0.4) is 0 Å². The van der Waals surface area contributed by atoms with E-state index >= 15 is 0 Å². The van der Waals surface area contributed by atoms with Crippen LogP contribution in [-0.2, 0) is 4.57 Å². The Labute approximate surface area is 168 Å². The van der Waals surface area contributed by atoms with Crippen LogP contribution in [0.15, 0.2) is 78.9 Å². The number of benzene rings is 4. The van der Waals surface area contributed by atoms with Crippen molar-refractivity contribution in [1.29, 1.82) is 0 Å². The molecule has 0 bridgehead atoms. The Bertz CT molecular complexity index is 1660. The van der Waals surface area contributed by atoms with Crippen LogP contribution in [0.5, 0.6) is 0 Å². The van der Waals surface area contributed by atoms with Gasteiger partial charge in [0.2, 0.25) is 0 Å². The average Bonchev–Trinajstić information content (AvgIpc) is 3.10. The second-order valence-electron chi connectivity index (χ2n) is 8.06. The molecule has 6 rings (SSSR count). The standard InChI is InChI=1S/C25H19N2OP/c1-29(2,28)18-11-12-20-21(15-18)19-9-5-6-10-23(19)27-24-14-17-8-4-3-7-16(17)13-22(24)26-25(20)27/h3-15H,1-2H3. The highest BCUT2D eigenvalue weighted by Gasteiger charge is 2.17. The van der Waals surface area contributed by atoms with Gasteiger partial charge in [0.1, 0.15) is 12.8 Å². The van der Waals surface area contributed by atoms with E-state index in [4.69, 9.17) is 4.98 Å². The molecule has 2 heterocycles. The smallest absolute Gasteiger partial charge is 0.146 e. The van der Waals surface area contributed by atoms with Gasteiger partial charge in [-0.2, -0.15) is 0 Å². The fraction of sp³-hybridized carbons (Fsp3) is 0.0800. The molecule has 0 unspecified atom stereocenters. The fourth-order valence-electron chi connectivity index (χ4n) is 4.37. The maximum atomic E-state index is 12.7. The summed E-state index contributed by atoms with van der Waals surface area (Å²) < 4.78 is 15.0. The van der Waals surface area contributed by atoms with Crippen LogP contribution in [0.1, 0.15) is 0 Å². The molecule has 0 aliphatic heterocycles. The lowest BCUT2D eigenvalue weighted by Crippen LogP contribution is -2.03. The third-order valence-corrected chi connectivity index (χ3v) is 7.34. The zero-order chi connectivity index (χ0) is 19.8. The molecule has 0 saturated carbocycles. The lowest BCUT2D eigenvalue weighted by molar-refractivity contribution is 0.588. The normalized spacial score (nSPS) is 12.6. The molecule has 4 heteroatoms. The summed E-state index contributed by atoms with van der Waals surface area (Å²) in [7, 11) is -2.35. The molecule has 140 valence electrons. The minimum atomic E-state index is -2.35. The summed E-state index contributed by atoms with van der Waals surface area (Å²) in [6.45, 7) is 3.65. The number of hydrogen-bond donors (Lipinski definition) is 0. The Kier molecular flexibility index (Phi) is 3.29. The van der Waals surface area contributed by atoms with Crippen molar-refractivity contribution in [3.63, 3.8) is 0 Å². The molecule has 0 atom stereocenters.